The molecule has 6 aromatic rings. The summed E-state index contributed by atoms with van der Waals surface area (Å²) >= 11 is 0. The Hall–Kier alpha value is -5.96. The molecule has 0 amide bonds. The first kappa shape index (κ1) is 42.6. The largest absolute Gasteiger partial charge is 0.415 e. The van der Waals surface area contributed by atoms with Gasteiger partial charge in [0.25, 0.3) is 21.8 Å². The lowest BCUT2D eigenvalue weighted by atomic mass is 10.1. The van der Waals surface area contributed by atoms with Gasteiger partial charge in [-0.15, -0.1) is 20.4 Å². The molecule has 2 aromatic heterocycles. The molecular weight excluding hydrogens is 819 g/mol. The summed E-state index contributed by atoms with van der Waals surface area (Å²) in [6, 6.07) is 30.6. The number of halogens is 4. The number of para-hydroxylation sites is 2. The normalized spacial score (nSPS) is 13.5. The van der Waals surface area contributed by atoms with E-state index in [-0.39, 0.29) is 30.6 Å². The smallest absolute Gasteiger partial charge is 0.314 e. The Morgan fingerprint density at radius 3 is 1.49 bits per heavy atom. The summed E-state index contributed by atoms with van der Waals surface area (Å²) in [7, 11) is -7.35. The third-order valence-corrected chi connectivity index (χ3v) is 11.9. The van der Waals surface area contributed by atoms with Crippen molar-refractivity contribution < 1.29 is 48.3 Å². The van der Waals surface area contributed by atoms with Gasteiger partial charge in [0.05, 0.1) is 36.3 Å². The number of aromatic nitrogens is 4. The molecule has 0 atom stereocenters. The first-order valence-corrected chi connectivity index (χ1v) is 20.9. The van der Waals surface area contributed by atoms with Crippen molar-refractivity contribution in [1.82, 2.24) is 25.3 Å². The molecule has 20 heteroatoms. The maximum absolute atomic E-state index is 13.1. The van der Waals surface area contributed by atoms with Crippen LogP contribution >= 0.6 is 0 Å². The van der Waals surface area contributed by atoms with Crippen molar-refractivity contribution in [2.45, 2.75) is 32.0 Å². The van der Waals surface area contributed by atoms with Crippen LogP contribution in [-0.2, 0) is 33.1 Å². The lowest BCUT2D eigenvalue weighted by molar-refractivity contribution is 0.00622. The van der Waals surface area contributed by atoms with Gasteiger partial charge in [0.1, 0.15) is 0 Å². The fraction of sp³-hybridized carbons (Fsp3) is 0.231. The Labute approximate surface area is 337 Å². The van der Waals surface area contributed by atoms with Crippen molar-refractivity contribution in [2.24, 2.45) is 0 Å². The highest BCUT2D eigenvalue weighted by molar-refractivity contribution is 7.95. The van der Waals surface area contributed by atoms with Gasteiger partial charge in [0.2, 0.25) is 21.8 Å². The Balaban J connectivity index is 0.000000201. The zero-order valence-corrected chi connectivity index (χ0v) is 32.6. The summed E-state index contributed by atoms with van der Waals surface area (Å²) in [5.74, 6) is -1.64. The van der Waals surface area contributed by atoms with Crippen molar-refractivity contribution in [2.75, 3.05) is 34.0 Å². The molecule has 0 aliphatic carbocycles. The Morgan fingerprint density at radius 1 is 0.678 bits per heavy atom. The van der Waals surface area contributed by atoms with Crippen LogP contribution in [0.2, 0.25) is 0 Å². The standard InChI is InChI=1S/C21H22F2N4O4S.C18H15F2N3O3S/c22-19(23)21-25-24-20(31-21)16-8-6-15(7-9-16)12-27(17-4-2-1-3-5-17)32(29,30)11-10-26-13-18(28)14-26;1-2-27(24,25)23(15-6-4-3-5-7-15)12-13-8-10-14(11-9-13)17-21-22-18(26-17)16(19)20/h1-9,18-19,28H,10-14H2;2-11,16H,1,12H2. The molecule has 0 radical (unpaired) electrons. The minimum Gasteiger partial charge on any atom is -0.415 e. The predicted molar refractivity (Wildman–Crippen MR) is 210 cm³/mol. The molecule has 0 unspecified atom stereocenters. The van der Waals surface area contributed by atoms with E-state index in [4.69, 9.17) is 8.83 Å². The summed E-state index contributed by atoms with van der Waals surface area (Å²) in [5, 5.41) is 24.1. The number of aliphatic hydroxyl groups excluding tert-OH is 1. The number of nitrogens with zero attached hydrogens (tertiary/aromatic N) is 7. The van der Waals surface area contributed by atoms with Gasteiger partial charge in [-0.2, -0.15) is 17.6 Å². The van der Waals surface area contributed by atoms with Gasteiger partial charge in [0, 0.05) is 36.2 Å². The molecule has 1 fully saturated rings. The second-order valence-electron chi connectivity index (χ2n) is 13.0. The average Bonchev–Trinajstić information content (AvgIpc) is 3.94. The molecule has 1 aliphatic heterocycles. The molecular formula is C39H37F4N7O7S2. The van der Waals surface area contributed by atoms with Crippen molar-refractivity contribution in [3.05, 3.63) is 144 Å². The molecule has 0 spiro atoms. The molecule has 1 saturated heterocycles. The van der Waals surface area contributed by atoms with Crippen LogP contribution in [0.1, 0.15) is 35.8 Å². The van der Waals surface area contributed by atoms with Crippen LogP contribution in [0, 0.1) is 0 Å². The maximum Gasteiger partial charge on any atom is 0.314 e. The molecule has 1 aliphatic rings. The van der Waals surface area contributed by atoms with Gasteiger partial charge in [0.15, 0.2) is 0 Å². The zero-order chi connectivity index (χ0) is 42.2. The number of hydrogen-bond acceptors (Lipinski definition) is 12. The van der Waals surface area contributed by atoms with Gasteiger partial charge >= 0.3 is 12.9 Å². The van der Waals surface area contributed by atoms with Crippen LogP contribution < -0.4 is 8.61 Å². The highest BCUT2D eigenvalue weighted by atomic mass is 32.2. The second-order valence-corrected chi connectivity index (χ2v) is 16.8. The number of sulfonamides is 2. The maximum atomic E-state index is 13.1. The number of likely N-dealkylation sites (tertiary alicyclic amines) is 1. The molecule has 0 saturated carbocycles. The lowest BCUT2D eigenvalue weighted by Crippen LogP contribution is -2.52. The Kier molecular flexibility index (Phi) is 13.5. The van der Waals surface area contributed by atoms with E-state index in [1.807, 2.05) is 11.0 Å². The molecule has 1 N–H and O–H groups in total. The number of benzene rings is 4. The van der Waals surface area contributed by atoms with Crippen molar-refractivity contribution in [3.63, 3.8) is 0 Å². The minimum absolute atomic E-state index is 0.0314. The number of rotatable bonds is 16. The van der Waals surface area contributed by atoms with Crippen molar-refractivity contribution in [3.8, 4) is 22.9 Å². The summed E-state index contributed by atoms with van der Waals surface area (Å²) in [5.41, 5.74) is 3.34. The average molecular weight is 856 g/mol. The van der Waals surface area contributed by atoms with E-state index < -0.39 is 50.8 Å². The number of alkyl halides is 4. The molecule has 0 bridgehead atoms. The van der Waals surface area contributed by atoms with Crippen LogP contribution in [0.5, 0.6) is 0 Å². The number of aliphatic hydroxyl groups is 1. The minimum atomic E-state index is -3.71. The van der Waals surface area contributed by atoms with Crippen molar-refractivity contribution in [1.29, 1.82) is 0 Å². The fourth-order valence-electron chi connectivity index (χ4n) is 5.75. The van der Waals surface area contributed by atoms with E-state index in [9.17, 15) is 39.5 Å². The molecule has 310 valence electrons. The SMILES string of the molecule is C=CS(=O)(=O)N(Cc1ccc(-c2nnc(C(F)F)o2)cc1)c1ccccc1.O=S(=O)(CCN1CC(O)C1)N(Cc1ccc(-c2nnc(C(F)F)o2)cc1)c1ccccc1. The van der Waals surface area contributed by atoms with Crippen LogP contribution in [-0.4, -0.2) is 78.7 Å². The molecule has 4 aromatic carbocycles. The monoisotopic (exact) mass is 855 g/mol. The molecule has 7 rings (SSSR count). The summed E-state index contributed by atoms with van der Waals surface area (Å²) in [4.78, 5) is 1.89. The van der Waals surface area contributed by atoms with E-state index in [1.54, 1.807) is 103 Å². The van der Waals surface area contributed by atoms with E-state index in [1.165, 1.54) is 8.61 Å². The quantitative estimate of drug-likeness (QED) is 0.101. The van der Waals surface area contributed by atoms with Crippen molar-refractivity contribution >= 4 is 31.4 Å². The number of anilines is 2. The predicted octanol–water partition coefficient (Wildman–Crippen LogP) is 6.84. The zero-order valence-electron chi connectivity index (χ0n) is 31.0. The number of β-amino-alcohol motifs (C(OH)–C–C–N with tert-alkyl or cyclic N) is 1. The van der Waals surface area contributed by atoms with E-state index >= 15 is 0 Å². The van der Waals surface area contributed by atoms with Gasteiger partial charge in [-0.1, -0.05) is 67.2 Å². The molecule has 59 heavy (non-hydrogen) atoms. The highest BCUT2D eigenvalue weighted by Crippen LogP contribution is 2.28. The van der Waals surface area contributed by atoms with E-state index in [0.29, 0.717) is 53.3 Å². The van der Waals surface area contributed by atoms with Crippen LogP contribution in [0.15, 0.2) is 130 Å². The topological polar surface area (TPSA) is 176 Å². The van der Waals surface area contributed by atoms with Crippen LogP contribution in [0.3, 0.4) is 0 Å². The fourth-order valence-corrected chi connectivity index (χ4v) is 8.18. The van der Waals surface area contributed by atoms with Gasteiger partial charge in [-0.05, 0) is 59.7 Å². The Morgan fingerprint density at radius 2 is 1.10 bits per heavy atom. The first-order chi connectivity index (χ1) is 28.2. The summed E-state index contributed by atoms with van der Waals surface area (Å²) in [6.45, 7) is 4.84. The van der Waals surface area contributed by atoms with E-state index in [0.717, 1.165) is 5.41 Å². The Bertz CT molecular complexity index is 2510. The third-order valence-electron chi connectivity index (χ3n) is 8.85. The summed E-state index contributed by atoms with van der Waals surface area (Å²) in [6.07, 6.45) is -6.08. The second kappa shape index (κ2) is 18.7. The number of hydrogen-bond donors (Lipinski definition) is 1. The van der Waals surface area contributed by atoms with Crippen LogP contribution in [0.25, 0.3) is 22.9 Å². The van der Waals surface area contributed by atoms with E-state index in [2.05, 4.69) is 27.0 Å². The van der Waals surface area contributed by atoms with Gasteiger partial charge in [-0.3, -0.25) is 13.5 Å². The van der Waals surface area contributed by atoms with Crippen LogP contribution in [0.4, 0.5) is 28.9 Å². The first-order valence-electron chi connectivity index (χ1n) is 17.8. The molecule has 3 heterocycles. The molecule has 14 nitrogen and oxygen atoms in total. The summed E-state index contributed by atoms with van der Waals surface area (Å²) < 4.78 is 114. The van der Waals surface area contributed by atoms with Gasteiger partial charge in [-0.25, -0.2) is 16.8 Å². The third kappa shape index (κ3) is 11.0. The highest BCUT2D eigenvalue weighted by Gasteiger charge is 2.29. The van der Waals surface area contributed by atoms with Gasteiger partial charge < -0.3 is 13.9 Å². The lowest BCUT2D eigenvalue weighted by Gasteiger charge is -2.36.